The van der Waals surface area contributed by atoms with Crippen LogP contribution in [0.15, 0.2) is 42.6 Å². The van der Waals surface area contributed by atoms with E-state index >= 15 is 0 Å². The predicted molar refractivity (Wildman–Crippen MR) is 89.9 cm³/mol. The Morgan fingerprint density at radius 1 is 1.21 bits per heavy atom. The molecule has 2 amide bonds. The number of hydrogen-bond donors (Lipinski definition) is 1. The van der Waals surface area contributed by atoms with Crippen LogP contribution in [0.3, 0.4) is 0 Å². The van der Waals surface area contributed by atoms with Crippen LogP contribution in [-0.4, -0.2) is 29.8 Å². The maximum absolute atomic E-state index is 12.5. The Morgan fingerprint density at radius 2 is 2.00 bits per heavy atom. The highest BCUT2D eigenvalue weighted by Crippen LogP contribution is 2.34. The smallest absolute Gasteiger partial charge is 0.318 e. The van der Waals surface area contributed by atoms with Gasteiger partial charge < -0.3 is 19.7 Å². The predicted octanol–water partition coefficient (Wildman–Crippen LogP) is 3.27. The topological polar surface area (TPSA) is 63.7 Å². The van der Waals surface area contributed by atoms with Gasteiger partial charge in [0.15, 0.2) is 11.5 Å². The van der Waals surface area contributed by atoms with Crippen molar-refractivity contribution in [3.63, 3.8) is 0 Å². The minimum atomic E-state index is -0.154. The van der Waals surface area contributed by atoms with Crippen molar-refractivity contribution in [2.75, 3.05) is 13.8 Å². The van der Waals surface area contributed by atoms with E-state index < -0.39 is 0 Å². The molecule has 24 heavy (non-hydrogen) atoms. The third kappa shape index (κ3) is 3.27. The van der Waals surface area contributed by atoms with Crippen LogP contribution in [0.4, 0.5) is 4.79 Å². The minimum absolute atomic E-state index is 0.116. The second kappa shape index (κ2) is 6.78. The molecule has 0 radical (unpaired) electrons. The lowest BCUT2D eigenvalue weighted by Gasteiger charge is -2.26. The molecular formula is C18H21N3O3. The zero-order valence-corrected chi connectivity index (χ0v) is 14.0. The number of nitrogens with one attached hydrogen (secondary N) is 1. The van der Waals surface area contributed by atoms with Gasteiger partial charge >= 0.3 is 6.03 Å². The van der Waals surface area contributed by atoms with Crippen molar-refractivity contribution in [2.45, 2.75) is 25.9 Å². The summed E-state index contributed by atoms with van der Waals surface area (Å²) in [5, 5.41) is 3.00. The fourth-order valence-corrected chi connectivity index (χ4v) is 2.55. The molecule has 1 N–H and O–H groups in total. The van der Waals surface area contributed by atoms with E-state index in [1.807, 2.05) is 50.2 Å². The average Bonchev–Trinajstić information content (AvgIpc) is 3.08. The molecule has 1 aromatic carbocycles. The molecule has 0 fully saturated rings. The Kier molecular flexibility index (Phi) is 4.55. The minimum Gasteiger partial charge on any atom is -0.454 e. The highest BCUT2D eigenvalue weighted by molar-refractivity contribution is 5.75. The van der Waals surface area contributed by atoms with Gasteiger partial charge in [-0.25, -0.2) is 4.79 Å². The number of fused-ring (bicyclic) bond motifs is 1. The summed E-state index contributed by atoms with van der Waals surface area (Å²) in [6.45, 7) is 4.13. The van der Waals surface area contributed by atoms with Crippen molar-refractivity contribution < 1.29 is 14.3 Å². The van der Waals surface area contributed by atoms with E-state index in [0.717, 1.165) is 17.0 Å². The molecule has 2 atom stereocenters. The normalized spacial score (nSPS) is 14.8. The summed E-state index contributed by atoms with van der Waals surface area (Å²) in [5.74, 6) is 1.45. The van der Waals surface area contributed by atoms with E-state index in [4.69, 9.17) is 9.47 Å². The van der Waals surface area contributed by atoms with Crippen LogP contribution in [-0.2, 0) is 0 Å². The summed E-state index contributed by atoms with van der Waals surface area (Å²) >= 11 is 0. The van der Waals surface area contributed by atoms with Crippen molar-refractivity contribution in [1.82, 2.24) is 15.2 Å². The van der Waals surface area contributed by atoms with E-state index in [0.29, 0.717) is 5.75 Å². The molecule has 1 aliphatic heterocycles. The summed E-state index contributed by atoms with van der Waals surface area (Å²) in [6, 6.07) is 11.0. The van der Waals surface area contributed by atoms with Gasteiger partial charge in [0.2, 0.25) is 6.79 Å². The van der Waals surface area contributed by atoms with E-state index in [9.17, 15) is 4.79 Å². The Balaban J connectivity index is 1.65. The lowest BCUT2D eigenvalue weighted by molar-refractivity contribution is 0.174. The first-order chi connectivity index (χ1) is 11.6. The molecule has 0 aliphatic carbocycles. The molecule has 0 unspecified atom stereocenters. The number of carbonyl (C=O) groups excluding carboxylic acids is 1. The fraction of sp³-hybridized carbons (Fsp3) is 0.333. The summed E-state index contributed by atoms with van der Waals surface area (Å²) in [7, 11) is 1.76. The second-order valence-electron chi connectivity index (χ2n) is 5.83. The van der Waals surface area contributed by atoms with E-state index in [1.54, 1.807) is 18.1 Å². The zero-order valence-electron chi connectivity index (χ0n) is 14.0. The maximum atomic E-state index is 12.5. The highest BCUT2D eigenvalue weighted by Gasteiger charge is 2.21. The van der Waals surface area contributed by atoms with Gasteiger partial charge in [0.05, 0.1) is 17.8 Å². The molecule has 0 saturated heterocycles. The van der Waals surface area contributed by atoms with Gasteiger partial charge in [-0.05, 0) is 43.7 Å². The number of urea groups is 1. The van der Waals surface area contributed by atoms with Crippen LogP contribution < -0.4 is 14.8 Å². The van der Waals surface area contributed by atoms with Gasteiger partial charge in [0, 0.05) is 13.2 Å². The van der Waals surface area contributed by atoms with E-state index in [2.05, 4.69) is 10.3 Å². The number of nitrogens with zero attached hydrogens (tertiary/aromatic N) is 2. The Labute approximate surface area is 141 Å². The molecule has 0 saturated carbocycles. The van der Waals surface area contributed by atoms with Gasteiger partial charge in [-0.2, -0.15) is 0 Å². The van der Waals surface area contributed by atoms with Crippen LogP contribution in [0.5, 0.6) is 11.5 Å². The summed E-state index contributed by atoms with van der Waals surface area (Å²) in [6.07, 6.45) is 1.73. The number of hydrogen-bond acceptors (Lipinski definition) is 4. The quantitative estimate of drug-likeness (QED) is 0.936. The van der Waals surface area contributed by atoms with Crippen molar-refractivity contribution in [3.8, 4) is 11.5 Å². The number of ether oxygens (including phenoxy) is 2. The SMILES string of the molecule is C[C@H](c1ccccn1)N(C)C(=O)N[C@H](C)c1ccc2c(c1)OCO2. The lowest BCUT2D eigenvalue weighted by atomic mass is 10.1. The number of pyridine rings is 1. The van der Waals surface area contributed by atoms with Gasteiger partial charge in [0.25, 0.3) is 0 Å². The second-order valence-corrected chi connectivity index (χ2v) is 5.83. The van der Waals surface area contributed by atoms with Crippen LogP contribution in [0.2, 0.25) is 0 Å². The third-order valence-electron chi connectivity index (χ3n) is 4.25. The molecule has 6 heteroatoms. The first-order valence-electron chi connectivity index (χ1n) is 7.90. The van der Waals surface area contributed by atoms with E-state index in [-0.39, 0.29) is 24.9 Å². The number of carbonyl (C=O) groups is 1. The number of amides is 2. The summed E-state index contributed by atoms with van der Waals surface area (Å²) < 4.78 is 10.7. The fourth-order valence-electron chi connectivity index (χ4n) is 2.55. The van der Waals surface area contributed by atoms with Crippen LogP contribution >= 0.6 is 0 Å². The van der Waals surface area contributed by atoms with Gasteiger partial charge in [-0.3, -0.25) is 4.98 Å². The summed E-state index contributed by atoms with van der Waals surface area (Å²) in [4.78, 5) is 18.5. The highest BCUT2D eigenvalue weighted by atomic mass is 16.7. The third-order valence-corrected chi connectivity index (χ3v) is 4.25. The molecule has 6 nitrogen and oxygen atoms in total. The number of benzene rings is 1. The zero-order chi connectivity index (χ0) is 17.1. The Hall–Kier alpha value is -2.76. The molecule has 2 heterocycles. The number of aromatic nitrogens is 1. The van der Waals surface area contributed by atoms with Crippen LogP contribution in [0, 0.1) is 0 Å². The molecule has 2 aromatic rings. The van der Waals surface area contributed by atoms with Crippen molar-refractivity contribution in [3.05, 3.63) is 53.9 Å². The number of rotatable bonds is 4. The van der Waals surface area contributed by atoms with Crippen LogP contribution in [0.25, 0.3) is 0 Å². The average molecular weight is 327 g/mol. The molecule has 3 rings (SSSR count). The Morgan fingerprint density at radius 3 is 2.75 bits per heavy atom. The molecule has 126 valence electrons. The molecule has 0 spiro atoms. The lowest BCUT2D eigenvalue weighted by Crippen LogP contribution is -2.40. The first kappa shape index (κ1) is 16.1. The van der Waals surface area contributed by atoms with Crippen molar-refractivity contribution in [1.29, 1.82) is 0 Å². The van der Waals surface area contributed by atoms with Gasteiger partial charge in [-0.15, -0.1) is 0 Å². The Bertz CT molecular complexity index is 721. The summed E-state index contributed by atoms with van der Waals surface area (Å²) in [5.41, 5.74) is 1.82. The molecule has 1 aliphatic rings. The standard InChI is InChI=1S/C18H21N3O3/c1-12(14-7-8-16-17(10-14)24-11-23-16)20-18(22)21(3)13(2)15-6-4-5-9-19-15/h4-10,12-13H,11H2,1-3H3,(H,20,22)/t12-,13-/m1/s1. The first-order valence-corrected chi connectivity index (χ1v) is 7.90. The van der Waals surface area contributed by atoms with E-state index in [1.165, 1.54) is 0 Å². The molecule has 0 bridgehead atoms. The monoisotopic (exact) mass is 327 g/mol. The van der Waals surface area contributed by atoms with Crippen LogP contribution in [0.1, 0.15) is 37.2 Å². The maximum Gasteiger partial charge on any atom is 0.318 e. The van der Waals surface area contributed by atoms with Gasteiger partial charge in [-0.1, -0.05) is 12.1 Å². The van der Waals surface area contributed by atoms with Gasteiger partial charge in [0.1, 0.15) is 0 Å². The largest absolute Gasteiger partial charge is 0.454 e. The molecule has 1 aromatic heterocycles. The van der Waals surface area contributed by atoms with Crippen molar-refractivity contribution >= 4 is 6.03 Å². The molecular weight excluding hydrogens is 306 g/mol. The van der Waals surface area contributed by atoms with Crippen molar-refractivity contribution in [2.24, 2.45) is 0 Å².